The molecule has 0 bridgehead atoms. The summed E-state index contributed by atoms with van der Waals surface area (Å²) in [6.45, 7) is 0. The molecule has 0 aliphatic rings. The van der Waals surface area contributed by atoms with Crippen LogP contribution in [0.5, 0.6) is 0 Å². The van der Waals surface area contributed by atoms with Gasteiger partial charge in [-0.15, -0.1) is 0 Å². The third kappa shape index (κ3) is 3.08. The van der Waals surface area contributed by atoms with E-state index in [-0.39, 0.29) is 21.4 Å². The van der Waals surface area contributed by atoms with Crippen LogP contribution >= 0.6 is 11.6 Å². The van der Waals surface area contributed by atoms with Crippen molar-refractivity contribution >= 4 is 33.3 Å². The zero-order valence-corrected chi connectivity index (χ0v) is 10.7. The fourth-order valence-corrected chi connectivity index (χ4v) is 1.93. The van der Waals surface area contributed by atoms with Crippen LogP contribution in [-0.2, 0) is 10.1 Å². The van der Waals surface area contributed by atoms with Crippen molar-refractivity contribution in [2.45, 2.75) is 4.90 Å². The second kappa shape index (κ2) is 4.96. The fraction of sp³-hybridized carbons (Fsp3) is 0. The first kappa shape index (κ1) is 13.5. The minimum atomic E-state index is -4.38. The van der Waals surface area contributed by atoms with Crippen LogP contribution in [-0.4, -0.2) is 34.1 Å². The molecule has 10 heteroatoms. The van der Waals surface area contributed by atoms with Crippen LogP contribution in [0.15, 0.2) is 29.4 Å². The SMILES string of the molecule is O=C(Nc1cc(S(=O)(=O)O)ccc1Cl)c1ncn[nH]1. The summed E-state index contributed by atoms with van der Waals surface area (Å²) in [5, 5.41) is 8.29. The number of carbonyl (C=O) groups is 1. The van der Waals surface area contributed by atoms with E-state index in [1.807, 2.05) is 0 Å². The van der Waals surface area contributed by atoms with Crippen molar-refractivity contribution in [3.05, 3.63) is 35.4 Å². The third-order valence-corrected chi connectivity index (χ3v) is 3.29. The Morgan fingerprint density at radius 3 is 2.74 bits per heavy atom. The third-order valence-electron chi connectivity index (χ3n) is 2.11. The lowest BCUT2D eigenvalue weighted by Gasteiger charge is -2.07. The van der Waals surface area contributed by atoms with Gasteiger partial charge in [-0.05, 0) is 18.2 Å². The number of aromatic nitrogens is 3. The lowest BCUT2D eigenvalue weighted by atomic mass is 10.3. The van der Waals surface area contributed by atoms with Gasteiger partial charge in [0.1, 0.15) is 6.33 Å². The van der Waals surface area contributed by atoms with Gasteiger partial charge in [-0.25, -0.2) is 4.98 Å². The molecule has 3 N–H and O–H groups in total. The van der Waals surface area contributed by atoms with Crippen LogP contribution in [0.25, 0.3) is 0 Å². The van der Waals surface area contributed by atoms with Crippen molar-refractivity contribution in [2.75, 3.05) is 5.32 Å². The molecular formula is C9H7ClN4O4S. The molecule has 0 radical (unpaired) electrons. The summed E-state index contributed by atoms with van der Waals surface area (Å²) >= 11 is 5.81. The van der Waals surface area contributed by atoms with Gasteiger partial charge in [0, 0.05) is 0 Å². The minimum Gasteiger partial charge on any atom is -0.318 e. The van der Waals surface area contributed by atoms with Crippen LogP contribution in [0.2, 0.25) is 5.02 Å². The average Bonchev–Trinajstić information content (AvgIpc) is 2.84. The van der Waals surface area contributed by atoms with E-state index in [0.29, 0.717) is 0 Å². The Kier molecular flexibility index (Phi) is 3.51. The number of H-pyrrole nitrogens is 1. The van der Waals surface area contributed by atoms with Gasteiger partial charge in [-0.3, -0.25) is 14.4 Å². The van der Waals surface area contributed by atoms with Crippen LogP contribution in [0.4, 0.5) is 5.69 Å². The number of anilines is 1. The predicted molar refractivity (Wildman–Crippen MR) is 65.6 cm³/mol. The second-order valence-electron chi connectivity index (χ2n) is 3.40. The van der Waals surface area contributed by atoms with Gasteiger partial charge in [0.25, 0.3) is 16.0 Å². The first-order valence-corrected chi connectivity index (χ1v) is 6.63. The number of amides is 1. The molecule has 0 spiro atoms. The van der Waals surface area contributed by atoms with Crippen LogP contribution in [0.3, 0.4) is 0 Å². The highest BCUT2D eigenvalue weighted by Crippen LogP contribution is 2.25. The zero-order valence-electron chi connectivity index (χ0n) is 9.16. The van der Waals surface area contributed by atoms with Crippen molar-refractivity contribution in [2.24, 2.45) is 0 Å². The minimum absolute atomic E-state index is 0.0261. The monoisotopic (exact) mass is 302 g/mol. The molecule has 0 atom stereocenters. The normalized spacial score (nSPS) is 11.3. The molecule has 0 aliphatic heterocycles. The molecule has 0 unspecified atom stereocenters. The Hall–Kier alpha value is -1.97. The van der Waals surface area contributed by atoms with E-state index in [4.69, 9.17) is 16.2 Å². The molecule has 1 aromatic heterocycles. The first-order valence-electron chi connectivity index (χ1n) is 4.81. The average molecular weight is 303 g/mol. The van der Waals surface area contributed by atoms with Gasteiger partial charge in [0.05, 0.1) is 15.6 Å². The van der Waals surface area contributed by atoms with Gasteiger partial charge < -0.3 is 5.32 Å². The maximum atomic E-state index is 11.7. The van der Waals surface area contributed by atoms with E-state index in [2.05, 4.69) is 20.5 Å². The standard InChI is InChI=1S/C9H7ClN4O4S/c10-6-2-1-5(19(16,17)18)3-7(6)13-9(15)8-11-4-12-14-8/h1-4H,(H,13,15)(H,11,12,14)(H,16,17,18). The van der Waals surface area contributed by atoms with Crippen molar-refractivity contribution < 1.29 is 17.8 Å². The fourth-order valence-electron chi connectivity index (χ4n) is 1.26. The van der Waals surface area contributed by atoms with Crippen molar-refractivity contribution in [1.29, 1.82) is 0 Å². The number of rotatable bonds is 3. The zero-order chi connectivity index (χ0) is 14.0. The molecule has 0 aliphatic carbocycles. The molecule has 1 amide bonds. The summed E-state index contributed by atoms with van der Waals surface area (Å²) in [6, 6.07) is 3.38. The maximum absolute atomic E-state index is 11.7. The highest BCUT2D eigenvalue weighted by Gasteiger charge is 2.15. The lowest BCUT2D eigenvalue weighted by Crippen LogP contribution is -2.14. The lowest BCUT2D eigenvalue weighted by molar-refractivity contribution is 0.101. The molecule has 100 valence electrons. The topological polar surface area (TPSA) is 125 Å². The van der Waals surface area contributed by atoms with Gasteiger partial charge in [0.15, 0.2) is 0 Å². The number of benzene rings is 1. The number of aromatic amines is 1. The number of carbonyl (C=O) groups excluding carboxylic acids is 1. The van der Waals surface area contributed by atoms with E-state index >= 15 is 0 Å². The number of hydrogen-bond donors (Lipinski definition) is 3. The number of nitrogens with zero attached hydrogens (tertiary/aromatic N) is 2. The Bertz CT molecular complexity index is 714. The molecule has 1 heterocycles. The van der Waals surface area contributed by atoms with Crippen LogP contribution < -0.4 is 5.32 Å². The van der Waals surface area contributed by atoms with Gasteiger partial charge in [-0.1, -0.05) is 11.6 Å². The van der Waals surface area contributed by atoms with E-state index in [1.165, 1.54) is 6.07 Å². The molecule has 8 nitrogen and oxygen atoms in total. The highest BCUT2D eigenvalue weighted by atomic mass is 35.5. The first-order chi connectivity index (χ1) is 8.88. The summed E-state index contributed by atoms with van der Waals surface area (Å²) in [6.07, 6.45) is 1.14. The van der Waals surface area contributed by atoms with Gasteiger partial charge in [-0.2, -0.15) is 13.5 Å². The van der Waals surface area contributed by atoms with Crippen LogP contribution in [0, 0.1) is 0 Å². The molecule has 0 saturated heterocycles. The Balaban J connectivity index is 2.32. The summed E-state index contributed by atoms with van der Waals surface area (Å²) in [4.78, 5) is 14.9. The molecule has 1 aromatic carbocycles. The molecule has 0 saturated carbocycles. The van der Waals surface area contributed by atoms with Crippen molar-refractivity contribution in [3.63, 3.8) is 0 Å². The summed E-state index contributed by atoms with van der Waals surface area (Å²) < 4.78 is 30.9. The van der Waals surface area contributed by atoms with Gasteiger partial charge in [0.2, 0.25) is 5.82 Å². The molecule has 2 aromatic rings. The Morgan fingerprint density at radius 2 is 2.16 bits per heavy atom. The van der Waals surface area contributed by atoms with E-state index in [0.717, 1.165) is 18.5 Å². The Labute approximate surface area is 112 Å². The molecule has 2 rings (SSSR count). The molecular weight excluding hydrogens is 296 g/mol. The number of hydrogen-bond acceptors (Lipinski definition) is 5. The van der Waals surface area contributed by atoms with E-state index in [9.17, 15) is 13.2 Å². The molecule has 19 heavy (non-hydrogen) atoms. The summed E-state index contributed by atoms with van der Waals surface area (Å²) in [5.74, 6) is -0.708. The van der Waals surface area contributed by atoms with E-state index < -0.39 is 16.0 Å². The second-order valence-corrected chi connectivity index (χ2v) is 5.23. The smallest absolute Gasteiger partial charge is 0.294 e. The largest absolute Gasteiger partial charge is 0.318 e. The number of halogens is 1. The van der Waals surface area contributed by atoms with Gasteiger partial charge >= 0.3 is 0 Å². The number of nitrogens with one attached hydrogen (secondary N) is 2. The van der Waals surface area contributed by atoms with E-state index in [1.54, 1.807) is 0 Å². The van der Waals surface area contributed by atoms with Crippen molar-refractivity contribution in [1.82, 2.24) is 15.2 Å². The summed E-state index contributed by atoms with van der Waals surface area (Å²) in [5.41, 5.74) is 0.0261. The van der Waals surface area contributed by atoms with Crippen LogP contribution in [0.1, 0.15) is 10.6 Å². The Morgan fingerprint density at radius 1 is 1.42 bits per heavy atom. The maximum Gasteiger partial charge on any atom is 0.294 e. The van der Waals surface area contributed by atoms with Crippen molar-refractivity contribution in [3.8, 4) is 0 Å². The highest BCUT2D eigenvalue weighted by molar-refractivity contribution is 7.85. The predicted octanol–water partition coefficient (Wildman–Crippen LogP) is 0.957. The quantitative estimate of drug-likeness (QED) is 0.725. The molecule has 0 fully saturated rings. The summed E-state index contributed by atoms with van der Waals surface area (Å²) in [7, 11) is -4.38.